The molecule has 0 fully saturated rings. The fourth-order valence-electron chi connectivity index (χ4n) is 1.49. The van der Waals surface area contributed by atoms with Crippen LogP contribution < -0.4 is 0 Å². The second-order valence-electron chi connectivity index (χ2n) is 3.45. The van der Waals surface area contributed by atoms with Gasteiger partial charge in [0.1, 0.15) is 5.82 Å². The van der Waals surface area contributed by atoms with Crippen molar-refractivity contribution in [2.24, 2.45) is 0 Å². The molecule has 0 radical (unpaired) electrons. The molecule has 2 aromatic rings. The van der Waals surface area contributed by atoms with E-state index in [1.807, 2.05) is 16.8 Å². The van der Waals surface area contributed by atoms with E-state index >= 15 is 0 Å². The van der Waals surface area contributed by atoms with Crippen molar-refractivity contribution in [3.05, 3.63) is 56.4 Å². The molecule has 1 heterocycles. The molecule has 2 rings (SSSR count). The second-order valence-corrected chi connectivity index (χ2v) is 5.61. The molecule has 0 aliphatic heterocycles. The fraction of sp³-hybridized carbons (Fsp3) is 0.167. The van der Waals surface area contributed by atoms with E-state index in [0.29, 0.717) is 16.5 Å². The van der Waals surface area contributed by atoms with E-state index in [4.69, 9.17) is 11.6 Å². The lowest BCUT2D eigenvalue weighted by atomic mass is 10.1. The molecule has 1 unspecified atom stereocenters. The molecule has 0 spiro atoms. The number of hydrogen-bond donors (Lipinski definition) is 0. The van der Waals surface area contributed by atoms with Crippen molar-refractivity contribution < 1.29 is 4.39 Å². The summed E-state index contributed by atoms with van der Waals surface area (Å²) in [5.74, 6) is -0.266. The van der Waals surface area contributed by atoms with Gasteiger partial charge in [0.2, 0.25) is 0 Å². The van der Waals surface area contributed by atoms with Crippen LogP contribution in [0.2, 0.25) is 0 Å². The largest absolute Gasteiger partial charge is 0.205 e. The third-order valence-corrected chi connectivity index (χ3v) is 4.05. The van der Waals surface area contributed by atoms with Crippen LogP contribution in [-0.2, 0) is 6.42 Å². The Morgan fingerprint density at radius 3 is 2.88 bits per heavy atom. The average molecular weight is 320 g/mol. The van der Waals surface area contributed by atoms with Gasteiger partial charge >= 0.3 is 0 Å². The summed E-state index contributed by atoms with van der Waals surface area (Å²) in [6.45, 7) is 0. The van der Waals surface area contributed by atoms with Gasteiger partial charge in [0.15, 0.2) is 0 Å². The predicted octanol–water partition coefficient (Wildman–Crippen LogP) is 5.17. The SMILES string of the molecule is Fc1c(Br)cccc1C(Cl)Cc1ccsc1. The first-order chi connectivity index (χ1) is 7.68. The number of benzene rings is 1. The third-order valence-electron chi connectivity index (χ3n) is 2.31. The predicted molar refractivity (Wildman–Crippen MR) is 70.7 cm³/mol. The summed E-state index contributed by atoms with van der Waals surface area (Å²) in [6.07, 6.45) is 0.651. The van der Waals surface area contributed by atoms with E-state index in [0.717, 1.165) is 5.56 Å². The van der Waals surface area contributed by atoms with Gasteiger partial charge < -0.3 is 0 Å². The monoisotopic (exact) mass is 318 g/mol. The van der Waals surface area contributed by atoms with E-state index in [1.165, 1.54) is 0 Å². The Hall–Kier alpha value is -0.380. The Bertz CT molecular complexity index is 470. The molecule has 4 heteroatoms. The first kappa shape index (κ1) is 12.1. The zero-order chi connectivity index (χ0) is 11.5. The van der Waals surface area contributed by atoms with Crippen molar-refractivity contribution in [3.63, 3.8) is 0 Å². The molecule has 0 bridgehead atoms. The molecule has 1 atom stereocenters. The van der Waals surface area contributed by atoms with E-state index in [2.05, 4.69) is 15.9 Å². The zero-order valence-corrected chi connectivity index (χ0v) is 11.4. The smallest absolute Gasteiger partial charge is 0.142 e. The zero-order valence-electron chi connectivity index (χ0n) is 8.29. The fourth-order valence-corrected chi connectivity index (χ4v) is 2.90. The Labute approximate surface area is 111 Å². The summed E-state index contributed by atoms with van der Waals surface area (Å²) in [4.78, 5) is 0. The number of thiophene rings is 1. The molecule has 1 aromatic heterocycles. The highest BCUT2D eigenvalue weighted by Gasteiger charge is 2.15. The van der Waals surface area contributed by atoms with Crippen LogP contribution >= 0.6 is 38.9 Å². The van der Waals surface area contributed by atoms with Crippen LogP contribution in [0.3, 0.4) is 0 Å². The second kappa shape index (κ2) is 5.30. The molecule has 0 N–H and O–H groups in total. The van der Waals surface area contributed by atoms with E-state index in [1.54, 1.807) is 29.5 Å². The summed E-state index contributed by atoms with van der Waals surface area (Å²) in [6, 6.07) is 7.21. The van der Waals surface area contributed by atoms with Gasteiger partial charge in [0.05, 0.1) is 9.85 Å². The lowest BCUT2D eigenvalue weighted by Gasteiger charge is -2.10. The van der Waals surface area contributed by atoms with Crippen molar-refractivity contribution in [2.45, 2.75) is 11.8 Å². The summed E-state index contributed by atoms with van der Waals surface area (Å²) in [7, 11) is 0. The number of hydrogen-bond acceptors (Lipinski definition) is 1. The summed E-state index contributed by atoms with van der Waals surface area (Å²) in [5, 5.41) is 3.70. The highest BCUT2D eigenvalue weighted by molar-refractivity contribution is 9.10. The first-order valence-electron chi connectivity index (χ1n) is 4.77. The van der Waals surface area contributed by atoms with Crippen LogP contribution in [0.25, 0.3) is 0 Å². The summed E-state index contributed by atoms with van der Waals surface area (Å²) < 4.78 is 14.2. The Balaban J connectivity index is 2.21. The molecule has 0 amide bonds. The quantitative estimate of drug-likeness (QED) is 0.684. The molecule has 0 nitrogen and oxygen atoms in total. The molecule has 0 saturated heterocycles. The van der Waals surface area contributed by atoms with Crippen LogP contribution in [0.5, 0.6) is 0 Å². The number of halogens is 3. The highest BCUT2D eigenvalue weighted by atomic mass is 79.9. The lowest BCUT2D eigenvalue weighted by molar-refractivity contribution is 0.599. The van der Waals surface area contributed by atoms with Crippen LogP contribution in [-0.4, -0.2) is 0 Å². The van der Waals surface area contributed by atoms with E-state index in [-0.39, 0.29) is 11.2 Å². The Kier molecular flexibility index (Phi) is 4.00. The van der Waals surface area contributed by atoms with E-state index < -0.39 is 0 Å². The normalized spacial score (nSPS) is 12.7. The molecule has 16 heavy (non-hydrogen) atoms. The van der Waals surface area contributed by atoms with Gasteiger partial charge in [-0.1, -0.05) is 12.1 Å². The number of rotatable bonds is 3. The van der Waals surface area contributed by atoms with Gasteiger partial charge in [-0.2, -0.15) is 11.3 Å². The van der Waals surface area contributed by atoms with Gasteiger partial charge in [-0.15, -0.1) is 11.6 Å². The Morgan fingerprint density at radius 1 is 1.38 bits per heavy atom. The van der Waals surface area contributed by atoms with Crippen molar-refractivity contribution in [2.75, 3.05) is 0 Å². The summed E-state index contributed by atoms with van der Waals surface area (Å²) >= 11 is 11.0. The van der Waals surface area contributed by atoms with Crippen LogP contribution in [0, 0.1) is 5.82 Å². The molecule has 0 saturated carbocycles. The summed E-state index contributed by atoms with van der Waals surface area (Å²) in [5.41, 5.74) is 1.69. The minimum absolute atomic E-state index is 0.266. The van der Waals surface area contributed by atoms with Gasteiger partial charge in [0, 0.05) is 5.56 Å². The van der Waals surface area contributed by atoms with Gasteiger partial charge in [-0.25, -0.2) is 4.39 Å². The number of alkyl halides is 1. The van der Waals surface area contributed by atoms with Crippen molar-refractivity contribution >= 4 is 38.9 Å². The third kappa shape index (κ3) is 2.65. The minimum Gasteiger partial charge on any atom is -0.205 e. The molecule has 84 valence electrons. The average Bonchev–Trinajstić information content (AvgIpc) is 2.74. The van der Waals surface area contributed by atoms with Gasteiger partial charge in [-0.3, -0.25) is 0 Å². The van der Waals surface area contributed by atoms with E-state index in [9.17, 15) is 4.39 Å². The van der Waals surface area contributed by atoms with Crippen molar-refractivity contribution in [1.82, 2.24) is 0 Å². The Morgan fingerprint density at radius 2 is 2.19 bits per heavy atom. The van der Waals surface area contributed by atoms with Crippen LogP contribution in [0.4, 0.5) is 4.39 Å². The highest BCUT2D eigenvalue weighted by Crippen LogP contribution is 2.30. The van der Waals surface area contributed by atoms with Crippen molar-refractivity contribution in [1.29, 1.82) is 0 Å². The van der Waals surface area contributed by atoms with Crippen LogP contribution in [0.15, 0.2) is 39.5 Å². The maximum atomic E-state index is 13.8. The topological polar surface area (TPSA) is 0 Å². The maximum absolute atomic E-state index is 13.8. The maximum Gasteiger partial charge on any atom is 0.142 e. The molecular weight excluding hydrogens is 311 g/mol. The minimum atomic E-state index is -0.327. The molecular formula is C12H9BrClFS. The molecule has 0 aliphatic rings. The van der Waals surface area contributed by atoms with Crippen LogP contribution in [0.1, 0.15) is 16.5 Å². The van der Waals surface area contributed by atoms with Gasteiger partial charge in [0.25, 0.3) is 0 Å². The molecule has 1 aromatic carbocycles. The standard InChI is InChI=1S/C12H9BrClFS/c13-10-3-1-2-9(12(10)15)11(14)6-8-4-5-16-7-8/h1-5,7,11H,6H2. The molecule has 0 aliphatic carbocycles. The lowest BCUT2D eigenvalue weighted by Crippen LogP contribution is -1.98. The first-order valence-corrected chi connectivity index (χ1v) is 6.95. The van der Waals surface area contributed by atoms with Gasteiger partial charge in [-0.05, 0) is 50.8 Å². The van der Waals surface area contributed by atoms with Crippen molar-refractivity contribution in [3.8, 4) is 0 Å².